The Morgan fingerprint density at radius 3 is 2.32 bits per heavy atom. The quantitative estimate of drug-likeness (QED) is 0.476. The van der Waals surface area contributed by atoms with E-state index >= 15 is 0 Å². The van der Waals surface area contributed by atoms with Crippen molar-refractivity contribution in [2.45, 2.75) is 20.5 Å². The molecule has 0 radical (unpaired) electrons. The van der Waals surface area contributed by atoms with Crippen LogP contribution in [0.5, 0.6) is 17.2 Å². The van der Waals surface area contributed by atoms with Crippen molar-refractivity contribution in [1.29, 1.82) is 0 Å². The fourth-order valence-electron chi connectivity index (χ4n) is 4.13. The predicted octanol–water partition coefficient (Wildman–Crippen LogP) is 4.94. The minimum Gasteiger partial charge on any atom is -0.497 e. The number of nitrogens with zero attached hydrogens (tertiary/aromatic N) is 2. The van der Waals surface area contributed by atoms with Crippen LogP contribution in [-0.4, -0.2) is 50.7 Å². The van der Waals surface area contributed by atoms with Gasteiger partial charge in [0.25, 0.3) is 5.91 Å². The van der Waals surface area contributed by atoms with Crippen molar-refractivity contribution in [1.82, 2.24) is 4.90 Å². The lowest BCUT2D eigenvalue weighted by molar-refractivity contribution is 0.0746. The normalized spacial score (nSPS) is 13.5. The molecule has 34 heavy (non-hydrogen) atoms. The van der Waals surface area contributed by atoms with Crippen LogP contribution in [0.2, 0.25) is 0 Å². The van der Waals surface area contributed by atoms with Gasteiger partial charge >= 0.3 is 0 Å². The lowest BCUT2D eigenvalue weighted by Gasteiger charge is -2.36. The second kappa shape index (κ2) is 11.0. The highest BCUT2D eigenvalue weighted by atomic mass is 16.5. The second-order valence-electron chi connectivity index (χ2n) is 8.34. The van der Waals surface area contributed by atoms with Gasteiger partial charge in [-0.3, -0.25) is 4.79 Å². The Morgan fingerprint density at radius 1 is 0.882 bits per heavy atom. The van der Waals surface area contributed by atoms with Gasteiger partial charge in [-0.05, 0) is 74.0 Å². The van der Waals surface area contributed by atoms with Crippen molar-refractivity contribution in [2.75, 3.05) is 44.8 Å². The summed E-state index contributed by atoms with van der Waals surface area (Å²) in [6, 6.07) is 21.6. The molecule has 0 N–H and O–H groups in total. The first kappa shape index (κ1) is 23.5. The summed E-state index contributed by atoms with van der Waals surface area (Å²) in [5.74, 6) is 2.43. The van der Waals surface area contributed by atoms with Crippen LogP contribution in [0.4, 0.5) is 5.69 Å². The molecule has 6 heteroatoms. The second-order valence-corrected chi connectivity index (χ2v) is 8.34. The number of aryl methyl sites for hydroxylation is 1. The van der Waals surface area contributed by atoms with Gasteiger partial charge in [-0.15, -0.1) is 0 Å². The summed E-state index contributed by atoms with van der Waals surface area (Å²) in [7, 11) is 1.67. The van der Waals surface area contributed by atoms with Gasteiger partial charge < -0.3 is 24.0 Å². The molecular formula is C28H32N2O4. The van der Waals surface area contributed by atoms with Gasteiger partial charge in [-0.1, -0.05) is 12.1 Å². The van der Waals surface area contributed by atoms with E-state index in [2.05, 4.69) is 17.0 Å². The van der Waals surface area contributed by atoms with E-state index in [0.717, 1.165) is 47.2 Å². The molecule has 0 saturated carbocycles. The molecular weight excluding hydrogens is 428 g/mol. The zero-order chi connectivity index (χ0) is 23.9. The Bertz CT molecular complexity index is 1110. The summed E-state index contributed by atoms with van der Waals surface area (Å²) < 4.78 is 17.0. The molecule has 1 aliphatic rings. The highest BCUT2D eigenvalue weighted by molar-refractivity contribution is 5.94. The molecule has 0 unspecified atom stereocenters. The van der Waals surface area contributed by atoms with Crippen LogP contribution in [0.1, 0.15) is 28.4 Å². The maximum absolute atomic E-state index is 13.3. The zero-order valence-electron chi connectivity index (χ0n) is 20.1. The summed E-state index contributed by atoms with van der Waals surface area (Å²) in [6.07, 6.45) is 0. The van der Waals surface area contributed by atoms with Gasteiger partial charge in [0.1, 0.15) is 23.9 Å². The number of ether oxygens (including phenoxy) is 3. The van der Waals surface area contributed by atoms with Crippen molar-refractivity contribution < 1.29 is 19.0 Å². The first-order valence-electron chi connectivity index (χ1n) is 11.7. The van der Waals surface area contributed by atoms with E-state index in [1.165, 1.54) is 0 Å². The lowest BCUT2D eigenvalue weighted by Crippen LogP contribution is -2.48. The van der Waals surface area contributed by atoms with E-state index in [-0.39, 0.29) is 5.91 Å². The summed E-state index contributed by atoms with van der Waals surface area (Å²) in [6.45, 7) is 7.80. The number of anilines is 1. The fourth-order valence-corrected chi connectivity index (χ4v) is 4.13. The third-order valence-corrected chi connectivity index (χ3v) is 6.00. The molecule has 4 rings (SSSR count). The SMILES string of the molecule is CCOc1ccc(C(=O)N2CCN(c3ccc(OC)cc3)CC2)cc1COc1cccc(C)c1. The molecule has 0 aromatic heterocycles. The average molecular weight is 461 g/mol. The van der Waals surface area contributed by atoms with Crippen LogP contribution in [0.3, 0.4) is 0 Å². The topological polar surface area (TPSA) is 51.2 Å². The molecule has 1 aliphatic heterocycles. The van der Waals surface area contributed by atoms with Gasteiger partial charge in [0, 0.05) is 43.0 Å². The predicted molar refractivity (Wildman–Crippen MR) is 134 cm³/mol. The Labute approximate surface area is 201 Å². The summed E-state index contributed by atoms with van der Waals surface area (Å²) in [5, 5.41) is 0. The number of hydrogen-bond donors (Lipinski definition) is 0. The number of piperazine rings is 1. The lowest BCUT2D eigenvalue weighted by atomic mass is 10.1. The van der Waals surface area contributed by atoms with Gasteiger partial charge in [0.2, 0.25) is 0 Å². The zero-order valence-corrected chi connectivity index (χ0v) is 20.1. The molecule has 0 bridgehead atoms. The van der Waals surface area contributed by atoms with E-state index in [1.807, 2.05) is 73.3 Å². The van der Waals surface area contributed by atoms with Gasteiger partial charge in [0.15, 0.2) is 0 Å². The Hall–Kier alpha value is -3.67. The molecule has 1 amide bonds. The van der Waals surface area contributed by atoms with Crippen molar-refractivity contribution >= 4 is 11.6 Å². The van der Waals surface area contributed by atoms with E-state index in [9.17, 15) is 4.79 Å². The molecule has 3 aromatic carbocycles. The van der Waals surface area contributed by atoms with Crippen LogP contribution in [-0.2, 0) is 6.61 Å². The average Bonchev–Trinajstić information content (AvgIpc) is 2.88. The van der Waals surface area contributed by atoms with Gasteiger partial charge in [0.05, 0.1) is 13.7 Å². The molecule has 1 saturated heterocycles. The molecule has 0 atom stereocenters. The number of benzene rings is 3. The molecule has 0 spiro atoms. The monoisotopic (exact) mass is 460 g/mol. The first-order valence-corrected chi connectivity index (χ1v) is 11.7. The summed E-state index contributed by atoms with van der Waals surface area (Å²) in [4.78, 5) is 17.5. The smallest absolute Gasteiger partial charge is 0.253 e. The maximum atomic E-state index is 13.3. The number of carbonyl (C=O) groups excluding carboxylic acids is 1. The Kier molecular flexibility index (Phi) is 7.58. The molecule has 1 fully saturated rings. The largest absolute Gasteiger partial charge is 0.497 e. The number of methoxy groups -OCH3 is 1. The minimum absolute atomic E-state index is 0.0363. The van der Waals surface area contributed by atoms with Crippen LogP contribution in [0, 0.1) is 6.92 Å². The van der Waals surface area contributed by atoms with Crippen LogP contribution in [0.15, 0.2) is 66.7 Å². The highest BCUT2D eigenvalue weighted by Gasteiger charge is 2.23. The molecule has 1 heterocycles. The Morgan fingerprint density at radius 2 is 1.65 bits per heavy atom. The molecule has 6 nitrogen and oxygen atoms in total. The van der Waals surface area contributed by atoms with Crippen molar-refractivity contribution in [2.24, 2.45) is 0 Å². The van der Waals surface area contributed by atoms with E-state index in [0.29, 0.717) is 31.9 Å². The Balaban J connectivity index is 1.42. The third kappa shape index (κ3) is 5.63. The number of rotatable bonds is 8. The maximum Gasteiger partial charge on any atom is 0.253 e. The standard InChI is InChI=1S/C28H32N2O4/c1-4-33-27-13-8-22(19-23(27)20-34-26-7-5-6-21(2)18-26)28(31)30-16-14-29(15-17-30)24-9-11-25(32-3)12-10-24/h5-13,18-19H,4,14-17,20H2,1-3H3. The number of hydrogen-bond acceptors (Lipinski definition) is 5. The number of amides is 1. The van der Waals surface area contributed by atoms with E-state index < -0.39 is 0 Å². The van der Waals surface area contributed by atoms with Crippen molar-refractivity contribution in [3.8, 4) is 17.2 Å². The summed E-state index contributed by atoms with van der Waals surface area (Å²) >= 11 is 0. The fraction of sp³-hybridized carbons (Fsp3) is 0.321. The minimum atomic E-state index is 0.0363. The van der Waals surface area contributed by atoms with E-state index in [1.54, 1.807) is 7.11 Å². The van der Waals surface area contributed by atoms with Crippen molar-refractivity contribution in [3.63, 3.8) is 0 Å². The summed E-state index contributed by atoms with van der Waals surface area (Å²) in [5.41, 5.74) is 3.81. The van der Waals surface area contributed by atoms with Gasteiger partial charge in [-0.2, -0.15) is 0 Å². The molecule has 0 aliphatic carbocycles. The third-order valence-electron chi connectivity index (χ3n) is 6.00. The van der Waals surface area contributed by atoms with Gasteiger partial charge in [-0.25, -0.2) is 0 Å². The van der Waals surface area contributed by atoms with Crippen LogP contribution >= 0.6 is 0 Å². The molecule has 3 aromatic rings. The van der Waals surface area contributed by atoms with E-state index in [4.69, 9.17) is 14.2 Å². The molecule has 178 valence electrons. The van der Waals surface area contributed by atoms with Crippen LogP contribution in [0.25, 0.3) is 0 Å². The highest BCUT2D eigenvalue weighted by Crippen LogP contribution is 2.25. The first-order chi connectivity index (χ1) is 16.6. The number of carbonyl (C=O) groups is 1. The van der Waals surface area contributed by atoms with Crippen LogP contribution < -0.4 is 19.1 Å². The van der Waals surface area contributed by atoms with Crippen molar-refractivity contribution in [3.05, 3.63) is 83.4 Å².